The minimum Gasteiger partial charge on any atom is -0.313 e. The molecule has 0 fully saturated rings. The van der Waals surface area contributed by atoms with Crippen molar-refractivity contribution in [1.29, 1.82) is 0 Å². The lowest BCUT2D eigenvalue weighted by molar-refractivity contribution is -0.800. The van der Waals surface area contributed by atoms with E-state index in [1.165, 1.54) is 4.90 Å². The fourth-order valence-electron chi connectivity index (χ4n) is 2.45. The molecule has 2 heterocycles. The van der Waals surface area contributed by atoms with Gasteiger partial charge >= 0.3 is 0 Å². The smallest absolute Gasteiger partial charge is 0.261 e. The van der Waals surface area contributed by atoms with Gasteiger partial charge < -0.3 is 4.90 Å². The molecule has 0 saturated carbocycles. The van der Waals surface area contributed by atoms with E-state index in [-0.39, 0.29) is 5.56 Å². The van der Waals surface area contributed by atoms with E-state index in [0.29, 0.717) is 5.39 Å². The summed E-state index contributed by atoms with van der Waals surface area (Å²) in [6, 6.07) is 7.54. The topological polar surface area (TPSA) is 39.3 Å². The van der Waals surface area contributed by atoms with Crippen LogP contribution in [0, 0.1) is 0 Å². The van der Waals surface area contributed by atoms with Crippen molar-refractivity contribution >= 4 is 16.5 Å². The predicted molar refractivity (Wildman–Crippen MR) is 71.4 cm³/mol. The van der Waals surface area contributed by atoms with E-state index in [2.05, 4.69) is 25.3 Å². The Morgan fingerprint density at radius 1 is 1.33 bits per heavy atom. The Kier molecular flexibility index (Phi) is 2.52. The Balaban J connectivity index is 2.30. The second-order valence-corrected chi connectivity index (χ2v) is 4.91. The van der Waals surface area contributed by atoms with Crippen molar-refractivity contribution in [1.82, 2.24) is 9.55 Å². The SMILES string of the molecule is C[NH+](C)/C=C1\CCn2c1nc1ccccc1c2=O. The lowest BCUT2D eigenvalue weighted by Crippen LogP contribution is -3.00. The molecule has 1 aliphatic rings. The molecular formula is C14H16N3O+. The van der Waals surface area contributed by atoms with Gasteiger partial charge in [-0.25, -0.2) is 4.98 Å². The second kappa shape index (κ2) is 4.07. The summed E-state index contributed by atoms with van der Waals surface area (Å²) in [5.41, 5.74) is 2.03. The third-order valence-electron chi connectivity index (χ3n) is 3.22. The molecule has 0 amide bonds. The number of fused-ring (bicyclic) bond motifs is 2. The van der Waals surface area contributed by atoms with Crippen molar-refractivity contribution in [2.24, 2.45) is 0 Å². The molecule has 1 aromatic carbocycles. The van der Waals surface area contributed by atoms with Crippen LogP contribution in [0.4, 0.5) is 0 Å². The van der Waals surface area contributed by atoms with Crippen molar-refractivity contribution in [3.8, 4) is 0 Å². The number of hydrogen-bond donors (Lipinski definition) is 1. The Bertz CT molecular complexity index is 698. The normalized spacial score (nSPS) is 16.7. The van der Waals surface area contributed by atoms with E-state index in [1.54, 1.807) is 4.57 Å². The standard InChI is InChI=1S/C14H15N3O/c1-16(2)9-10-7-8-17-13(10)15-12-6-4-3-5-11(12)14(17)18/h3-6,9H,7-8H2,1-2H3/p+1/b10-9+. The van der Waals surface area contributed by atoms with E-state index in [4.69, 9.17) is 0 Å². The highest BCUT2D eigenvalue weighted by Gasteiger charge is 2.21. The number of benzene rings is 1. The monoisotopic (exact) mass is 242 g/mol. The van der Waals surface area contributed by atoms with Gasteiger partial charge in [0.2, 0.25) is 0 Å². The molecule has 4 nitrogen and oxygen atoms in total. The number of nitrogens with one attached hydrogen (secondary N) is 1. The van der Waals surface area contributed by atoms with E-state index >= 15 is 0 Å². The van der Waals surface area contributed by atoms with Crippen LogP contribution in [-0.4, -0.2) is 23.6 Å². The molecule has 1 aliphatic heterocycles. The molecule has 3 rings (SSSR count). The number of nitrogens with zero attached hydrogens (tertiary/aromatic N) is 2. The first-order valence-electron chi connectivity index (χ1n) is 6.17. The summed E-state index contributed by atoms with van der Waals surface area (Å²) in [5.74, 6) is 0.833. The lowest BCUT2D eigenvalue weighted by Gasteiger charge is -2.05. The van der Waals surface area contributed by atoms with Crippen LogP contribution in [0.25, 0.3) is 16.5 Å². The van der Waals surface area contributed by atoms with Gasteiger partial charge in [0.1, 0.15) is 12.0 Å². The average Bonchev–Trinajstić information content (AvgIpc) is 2.73. The molecule has 0 radical (unpaired) electrons. The minimum absolute atomic E-state index is 0.0766. The summed E-state index contributed by atoms with van der Waals surface area (Å²) >= 11 is 0. The van der Waals surface area contributed by atoms with Gasteiger partial charge in [-0.2, -0.15) is 0 Å². The maximum Gasteiger partial charge on any atom is 0.261 e. The Morgan fingerprint density at radius 3 is 2.89 bits per heavy atom. The zero-order valence-electron chi connectivity index (χ0n) is 10.6. The first-order valence-corrected chi connectivity index (χ1v) is 6.17. The summed E-state index contributed by atoms with van der Waals surface area (Å²) in [6.07, 6.45) is 3.02. The van der Waals surface area contributed by atoms with Gasteiger partial charge in [-0.3, -0.25) is 9.36 Å². The molecule has 1 N–H and O–H groups in total. The van der Waals surface area contributed by atoms with E-state index in [1.807, 2.05) is 24.3 Å². The molecule has 1 aromatic heterocycles. The van der Waals surface area contributed by atoms with Crippen molar-refractivity contribution in [2.75, 3.05) is 14.1 Å². The van der Waals surface area contributed by atoms with Crippen molar-refractivity contribution in [3.63, 3.8) is 0 Å². The molecule has 92 valence electrons. The fraction of sp³-hybridized carbons (Fsp3) is 0.286. The molecule has 0 aliphatic carbocycles. The fourth-order valence-corrected chi connectivity index (χ4v) is 2.45. The highest BCUT2D eigenvalue weighted by Crippen LogP contribution is 2.23. The summed E-state index contributed by atoms with van der Waals surface area (Å²) in [4.78, 5) is 18.2. The van der Waals surface area contributed by atoms with Crippen molar-refractivity contribution < 1.29 is 4.90 Å². The zero-order valence-corrected chi connectivity index (χ0v) is 10.6. The van der Waals surface area contributed by atoms with Crippen LogP contribution >= 0.6 is 0 Å². The van der Waals surface area contributed by atoms with E-state index in [9.17, 15) is 4.79 Å². The predicted octanol–water partition coefficient (Wildman–Crippen LogP) is 0.286. The number of allylic oxidation sites excluding steroid dienone is 1. The average molecular weight is 242 g/mol. The van der Waals surface area contributed by atoms with Gasteiger partial charge in [0.15, 0.2) is 0 Å². The van der Waals surface area contributed by atoms with E-state index < -0.39 is 0 Å². The Labute approximate surface area is 105 Å². The van der Waals surface area contributed by atoms with Gasteiger partial charge in [0.05, 0.1) is 25.0 Å². The third-order valence-corrected chi connectivity index (χ3v) is 3.22. The van der Waals surface area contributed by atoms with Gasteiger partial charge in [-0.1, -0.05) is 12.1 Å². The quantitative estimate of drug-likeness (QED) is 0.780. The number of para-hydroxylation sites is 1. The number of hydrogen-bond acceptors (Lipinski definition) is 2. The maximum atomic E-state index is 12.3. The first-order chi connectivity index (χ1) is 8.66. The summed E-state index contributed by atoms with van der Waals surface area (Å²) in [7, 11) is 4.13. The summed E-state index contributed by atoms with van der Waals surface area (Å²) in [5, 5.41) is 0.708. The highest BCUT2D eigenvalue weighted by atomic mass is 16.1. The van der Waals surface area contributed by atoms with Crippen LogP contribution in [0.2, 0.25) is 0 Å². The van der Waals surface area contributed by atoms with Gasteiger partial charge in [0, 0.05) is 12.1 Å². The van der Waals surface area contributed by atoms with Gasteiger partial charge in [-0.05, 0) is 18.6 Å². The van der Waals surface area contributed by atoms with Crippen molar-refractivity contribution in [3.05, 3.63) is 46.6 Å². The molecule has 0 unspecified atom stereocenters. The number of aromatic nitrogens is 2. The van der Waals surface area contributed by atoms with Crippen LogP contribution in [-0.2, 0) is 6.54 Å². The molecule has 0 saturated heterocycles. The summed E-state index contributed by atoms with van der Waals surface area (Å²) in [6.45, 7) is 0.741. The second-order valence-electron chi connectivity index (χ2n) is 4.91. The van der Waals surface area contributed by atoms with Crippen LogP contribution in [0.15, 0.2) is 35.3 Å². The largest absolute Gasteiger partial charge is 0.313 e. The van der Waals surface area contributed by atoms with Crippen LogP contribution in [0.1, 0.15) is 12.2 Å². The highest BCUT2D eigenvalue weighted by molar-refractivity contribution is 5.79. The maximum absolute atomic E-state index is 12.3. The summed E-state index contributed by atoms with van der Waals surface area (Å²) < 4.78 is 1.79. The molecule has 0 atom stereocenters. The van der Waals surface area contributed by atoms with Crippen LogP contribution < -0.4 is 10.5 Å². The number of rotatable bonds is 1. The molecule has 0 bridgehead atoms. The minimum atomic E-state index is 0.0766. The Hall–Kier alpha value is -1.94. The molecule has 4 heteroatoms. The number of quaternary nitrogens is 1. The van der Waals surface area contributed by atoms with Crippen LogP contribution in [0.5, 0.6) is 0 Å². The Morgan fingerprint density at radius 2 is 2.11 bits per heavy atom. The molecule has 2 aromatic rings. The van der Waals surface area contributed by atoms with Crippen molar-refractivity contribution in [2.45, 2.75) is 13.0 Å². The van der Waals surface area contributed by atoms with Gasteiger partial charge in [0.25, 0.3) is 5.56 Å². The van der Waals surface area contributed by atoms with Crippen LogP contribution in [0.3, 0.4) is 0 Å². The van der Waals surface area contributed by atoms with E-state index in [0.717, 1.165) is 29.9 Å². The lowest BCUT2D eigenvalue weighted by atomic mass is 10.2. The van der Waals surface area contributed by atoms with Gasteiger partial charge in [-0.15, -0.1) is 0 Å². The molecule has 0 spiro atoms. The molecule has 18 heavy (non-hydrogen) atoms. The molecular weight excluding hydrogens is 226 g/mol. The first kappa shape index (κ1) is 11.2. The zero-order chi connectivity index (χ0) is 12.7. The third kappa shape index (κ3) is 1.66.